The van der Waals surface area contributed by atoms with E-state index in [-0.39, 0.29) is 35.7 Å². The van der Waals surface area contributed by atoms with E-state index in [2.05, 4.69) is 41.3 Å². The minimum Gasteiger partial charge on any atom is -0.460 e. The summed E-state index contributed by atoms with van der Waals surface area (Å²) in [4.78, 5) is 57.2. The van der Waals surface area contributed by atoms with Crippen LogP contribution in [0.5, 0.6) is 0 Å². The number of aliphatic hydroxyl groups is 1. The number of ether oxygens (including phenoxy) is 2. The van der Waals surface area contributed by atoms with Crippen LogP contribution in [0.1, 0.15) is 71.6 Å². The van der Waals surface area contributed by atoms with Crippen molar-refractivity contribution in [3.8, 4) is 0 Å². The third kappa shape index (κ3) is 7.45. The molecule has 0 aromatic heterocycles. The minimum atomic E-state index is -1.14. The average Bonchev–Trinajstić information content (AvgIpc) is 3.55. The number of carbonyl (C=O) groups is 4. The fourth-order valence-corrected chi connectivity index (χ4v) is 7.48. The number of nitrogens with zero attached hydrogens (tertiary/aromatic N) is 2. The van der Waals surface area contributed by atoms with Crippen LogP contribution >= 0.6 is 15.9 Å². The van der Waals surface area contributed by atoms with Crippen molar-refractivity contribution in [1.82, 2.24) is 15.1 Å². The number of carbonyl (C=O) groups excluding carboxylic acids is 4. The fourth-order valence-electron chi connectivity index (χ4n) is 6.53. The Balaban J connectivity index is 1.85. The molecule has 3 saturated heterocycles. The van der Waals surface area contributed by atoms with Gasteiger partial charge in [-0.25, -0.2) is 0 Å². The number of fused-ring (bicyclic) bond motifs is 1. The van der Waals surface area contributed by atoms with Crippen LogP contribution in [0.15, 0.2) is 25.3 Å². The first-order chi connectivity index (χ1) is 20.2. The summed E-state index contributed by atoms with van der Waals surface area (Å²) >= 11 is 3.69. The van der Waals surface area contributed by atoms with Crippen molar-refractivity contribution in [2.75, 3.05) is 32.8 Å². The van der Waals surface area contributed by atoms with Crippen molar-refractivity contribution in [3.63, 3.8) is 0 Å². The van der Waals surface area contributed by atoms with E-state index < -0.39 is 41.7 Å². The summed E-state index contributed by atoms with van der Waals surface area (Å²) in [6.45, 7) is 12.7. The summed E-state index contributed by atoms with van der Waals surface area (Å²) in [5.74, 6) is -2.84. The van der Waals surface area contributed by atoms with Crippen molar-refractivity contribution in [2.45, 2.75) is 100 Å². The lowest BCUT2D eigenvalue weighted by molar-refractivity contribution is -0.159. The van der Waals surface area contributed by atoms with Crippen molar-refractivity contribution in [3.05, 3.63) is 25.3 Å². The zero-order valence-corrected chi connectivity index (χ0v) is 26.7. The minimum absolute atomic E-state index is 0.117. The van der Waals surface area contributed by atoms with Gasteiger partial charge in [-0.15, -0.1) is 13.2 Å². The number of nitrogens with one attached hydrogen (secondary N) is 1. The number of allylic oxidation sites excluding steroid dienone is 1. The maximum atomic E-state index is 14.2. The molecule has 1 spiro atoms. The summed E-state index contributed by atoms with van der Waals surface area (Å²) in [5.41, 5.74) is -1.14. The van der Waals surface area contributed by atoms with Gasteiger partial charge >= 0.3 is 5.97 Å². The van der Waals surface area contributed by atoms with Gasteiger partial charge in [0.25, 0.3) is 0 Å². The molecule has 0 radical (unpaired) electrons. The van der Waals surface area contributed by atoms with Crippen LogP contribution in [-0.4, -0.2) is 100 Å². The number of rotatable bonds is 19. The first kappa shape index (κ1) is 34.3. The number of unbranched alkanes of at least 4 members (excludes halogenated alkanes) is 4. The predicted molar refractivity (Wildman–Crippen MR) is 163 cm³/mol. The van der Waals surface area contributed by atoms with Gasteiger partial charge in [-0.1, -0.05) is 54.3 Å². The molecule has 2 bridgehead atoms. The molecule has 236 valence electrons. The smallest absolute Gasteiger partial charge is 0.312 e. The lowest BCUT2D eigenvalue weighted by Gasteiger charge is -2.37. The predicted octanol–water partition coefficient (Wildman–Crippen LogP) is 3.12. The van der Waals surface area contributed by atoms with E-state index in [1.54, 1.807) is 28.9 Å². The Labute approximate surface area is 258 Å². The highest BCUT2D eigenvalue weighted by Crippen LogP contribution is 2.60. The van der Waals surface area contributed by atoms with Crippen LogP contribution in [-0.2, 0) is 28.7 Å². The Morgan fingerprint density at radius 1 is 1.24 bits per heavy atom. The number of halogens is 1. The number of likely N-dealkylation sites (tertiary alicyclic amines) is 1. The second-order valence-electron chi connectivity index (χ2n) is 11.6. The molecule has 11 heteroatoms. The zero-order chi connectivity index (χ0) is 30.9. The SMILES string of the molecule is C=CCCC(=O)NC[C@@H](C)OC(=O)[C@H]1[C@@H]2O[C@@]3(CC2Br)[C@@H]1C(=O)N(CCCCCCO)[C@@H]3C(=O)N(CC=C)CCCC. The van der Waals surface area contributed by atoms with E-state index in [0.29, 0.717) is 51.7 Å². The van der Waals surface area contributed by atoms with Gasteiger partial charge in [-0.2, -0.15) is 0 Å². The summed E-state index contributed by atoms with van der Waals surface area (Å²) in [5, 5.41) is 11.9. The Hall–Kier alpha value is -2.24. The summed E-state index contributed by atoms with van der Waals surface area (Å²) < 4.78 is 12.3. The molecule has 10 nitrogen and oxygen atoms in total. The molecular formula is C31H48BrN3O7. The normalized spacial score (nSPS) is 28.3. The van der Waals surface area contributed by atoms with E-state index in [0.717, 1.165) is 25.7 Å². The number of aliphatic hydroxyl groups excluding tert-OH is 1. The molecule has 3 heterocycles. The molecule has 3 fully saturated rings. The Morgan fingerprint density at radius 2 is 1.98 bits per heavy atom. The third-order valence-corrected chi connectivity index (χ3v) is 9.37. The third-order valence-electron chi connectivity index (χ3n) is 8.52. The van der Waals surface area contributed by atoms with Crippen LogP contribution in [0.4, 0.5) is 0 Å². The van der Waals surface area contributed by atoms with Crippen molar-refractivity contribution >= 4 is 39.6 Å². The molecule has 3 aliphatic rings. The Morgan fingerprint density at radius 3 is 2.64 bits per heavy atom. The molecule has 3 amide bonds. The lowest BCUT2D eigenvalue weighted by atomic mass is 9.70. The highest BCUT2D eigenvalue weighted by Gasteiger charge is 2.77. The van der Waals surface area contributed by atoms with Gasteiger partial charge in [0.15, 0.2) is 0 Å². The molecule has 1 unspecified atom stereocenters. The van der Waals surface area contributed by atoms with Gasteiger partial charge in [0, 0.05) is 37.5 Å². The summed E-state index contributed by atoms with van der Waals surface area (Å²) in [7, 11) is 0. The van der Waals surface area contributed by atoms with Gasteiger partial charge in [-0.3, -0.25) is 19.2 Å². The number of hydrogen-bond acceptors (Lipinski definition) is 7. The molecule has 0 aromatic rings. The first-order valence-electron chi connectivity index (χ1n) is 15.4. The molecule has 2 N–H and O–H groups in total. The van der Waals surface area contributed by atoms with Gasteiger partial charge in [-0.05, 0) is 39.0 Å². The van der Waals surface area contributed by atoms with Crippen LogP contribution in [0, 0.1) is 11.8 Å². The van der Waals surface area contributed by atoms with E-state index in [4.69, 9.17) is 14.6 Å². The van der Waals surface area contributed by atoms with E-state index in [9.17, 15) is 19.2 Å². The number of hydrogen-bond donors (Lipinski definition) is 2. The number of esters is 1. The second-order valence-corrected chi connectivity index (χ2v) is 12.8. The van der Waals surface area contributed by atoms with Crippen molar-refractivity contribution < 1.29 is 33.8 Å². The molecule has 7 atom stereocenters. The van der Waals surface area contributed by atoms with E-state index in [1.807, 2.05) is 0 Å². The van der Waals surface area contributed by atoms with E-state index >= 15 is 0 Å². The molecule has 42 heavy (non-hydrogen) atoms. The first-order valence-corrected chi connectivity index (χ1v) is 16.3. The van der Waals surface area contributed by atoms with Crippen LogP contribution in [0.25, 0.3) is 0 Å². The van der Waals surface area contributed by atoms with Crippen molar-refractivity contribution in [2.24, 2.45) is 11.8 Å². The molecular weight excluding hydrogens is 606 g/mol. The molecule has 0 aliphatic carbocycles. The van der Waals surface area contributed by atoms with E-state index in [1.165, 1.54) is 0 Å². The summed E-state index contributed by atoms with van der Waals surface area (Å²) in [6, 6.07) is -0.853. The number of alkyl halides is 1. The molecule has 0 aromatic carbocycles. The van der Waals surface area contributed by atoms with Crippen LogP contribution < -0.4 is 5.32 Å². The second kappa shape index (κ2) is 16.0. The topological polar surface area (TPSA) is 125 Å². The zero-order valence-electron chi connectivity index (χ0n) is 25.1. The maximum Gasteiger partial charge on any atom is 0.312 e. The Kier molecular flexibility index (Phi) is 13.1. The van der Waals surface area contributed by atoms with Crippen molar-refractivity contribution in [1.29, 1.82) is 0 Å². The monoisotopic (exact) mass is 653 g/mol. The Bertz CT molecular complexity index is 994. The molecule has 3 aliphatic heterocycles. The van der Waals surface area contributed by atoms with Gasteiger partial charge < -0.3 is 29.7 Å². The fraction of sp³-hybridized carbons (Fsp3) is 0.742. The van der Waals surface area contributed by atoms with Gasteiger partial charge in [0.2, 0.25) is 17.7 Å². The standard InChI is InChI=1S/C31H48BrN3O7/c1-5-8-14-23(37)33-20-21(4)41-30(40)24-25-28(38)35(17-12-10-11-13-18-36)27(31(25)19-22(32)26(24)42-31)29(39)34(15-7-3)16-9-6-2/h5,7,21-22,24-27,36H,1,3,6,8-20H2,2,4H3,(H,33,37)/t21-,22?,24-,25+,26-,27-,31+/m1/s1. The van der Waals surface area contributed by atoms with Crippen LogP contribution in [0.2, 0.25) is 0 Å². The maximum absolute atomic E-state index is 14.2. The average molecular weight is 655 g/mol. The highest BCUT2D eigenvalue weighted by atomic mass is 79.9. The lowest BCUT2D eigenvalue weighted by Crippen LogP contribution is -2.57. The van der Waals surface area contributed by atoms with Crippen LogP contribution in [0.3, 0.4) is 0 Å². The number of amides is 3. The molecule has 0 saturated carbocycles. The highest BCUT2D eigenvalue weighted by molar-refractivity contribution is 9.09. The summed E-state index contributed by atoms with van der Waals surface area (Å²) in [6.07, 6.45) is 8.16. The molecule has 3 rings (SSSR count). The van der Waals surface area contributed by atoms with Gasteiger partial charge in [0.05, 0.1) is 24.5 Å². The largest absolute Gasteiger partial charge is 0.460 e. The quantitative estimate of drug-likeness (QED) is 0.0950. The van der Waals surface area contributed by atoms with Gasteiger partial charge in [0.1, 0.15) is 17.7 Å².